The van der Waals surface area contributed by atoms with E-state index < -0.39 is 17.7 Å². The van der Waals surface area contributed by atoms with E-state index in [1.165, 1.54) is 4.90 Å². The molecule has 0 aliphatic carbocycles. The number of carbonyl (C=O) groups is 2. The van der Waals surface area contributed by atoms with Crippen molar-refractivity contribution in [2.45, 2.75) is 39.2 Å². The van der Waals surface area contributed by atoms with Gasteiger partial charge in [0.2, 0.25) is 0 Å². The number of benzene rings is 3. The molecule has 174 valence electrons. The highest BCUT2D eigenvalue weighted by atomic mass is 16.5. The van der Waals surface area contributed by atoms with E-state index in [-0.39, 0.29) is 16.7 Å². The Morgan fingerprint density at radius 2 is 1.62 bits per heavy atom. The summed E-state index contributed by atoms with van der Waals surface area (Å²) in [5.74, 6) is -1.02. The molecule has 1 aliphatic heterocycles. The zero-order valence-corrected chi connectivity index (χ0v) is 19.9. The van der Waals surface area contributed by atoms with Crippen molar-refractivity contribution in [1.82, 2.24) is 0 Å². The number of nitrogens with zero attached hydrogens (tertiary/aromatic N) is 1. The first-order chi connectivity index (χ1) is 16.2. The molecule has 0 saturated carbocycles. The maximum Gasteiger partial charge on any atom is 0.300 e. The molecule has 5 heteroatoms. The summed E-state index contributed by atoms with van der Waals surface area (Å²) in [6.45, 7) is 8.71. The number of aliphatic hydroxyl groups excluding tert-OH is 1. The molecule has 0 radical (unpaired) electrons. The van der Waals surface area contributed by atoms with Crippen LogP contribution in [0.25, 0.3) is 5.76 Å². The van der Waals surface area contributed by atoms with Crippen molar-refractivity contribution >= 4 is 23.1 Å². The van der Waals surface area contributed by atoms with Crippen LogP contribution in [0.4, 0.5) is 5.69 Å². The Morgan fingerprint density at radius 3 is 2.24 bits per heavy atom. The largest absolute Gasteiger partial charge is 0.507 e. The number of carbonyl (C=O) groups excluding carboxylic acids is 2. The fraction of sp³-hybridized carbons (Fsp3) is 0.241. The minimum absolute atomic E-state index is 0.0445. The maximum atomic E-state index is 13.3. The first-order valence-electron chi connectivity index (χ1n) is 11.4. The minimum Gasteiger partial charge on any atom is -0.507 e. The summed E-state index contributed by atoms with van der Waals surface area (Å²) in [6.07, 6.45) is 0. The average molecular weight is 456 g/mol. The number of hydrogen-bond donors (Lipinski definition) is 1. The van der Waals surface area contributed by atoms with Crippen molar-refractivity contribution in [3.8, 4) is 5.75 Å². The second kappa shape index (κ2) is 9.18. The van der Waals surface area contributed by atoms with Crippen molar-refractivity contribution in [3.63, 3.8) is 0 Å². The van der Waals surface area contributed by atoms with Crippen LogP contribution in [0.1, 0.15) is 50.4 Å². The summed E-state index contributed by atoms with van der Waals surface area (Å²) in [5.41, 5.74) is 2.90. The predicted molar refractivity (Wildman–Crippen MR) is 134 cm³/mol. The molecule has 1 unspecified atom stereocenters. The summed E-state index contributed by atoms with van der Waals surface area (Å²) >= 11 is 0. The van der Waals surface area contributed by atoms with E-state index in [0.29, 0.717) is 23.6 Å². The van der Waals surface area contributed by atoms with E-state index in [4.69, 9.17) is 4.74 Å². The molecular weight excluding hydrogens is 426 g/mol. The van der Waals surface area contributed by atoms with Gasteiger partial charge < -0.3 is 9.84 Å². The number of hydrogen-bond acceptors (Lipinski definition) is 4. The molecule has 1 saturated heterocycles. The molecule has 1 fully saturated rings. The summed E-state index contributed by atoms with van der Waals surface area (Å²) in [6, 6.07) is 23.1. The number of amides is 1. The van der Waals surface area contributed by atoms with Crippen LogP contribution < -0.4 is 9.64 Å². The number of rotatable bonds is 5. The Balaban J connectivity index is 1.87. The van der Waals surface area contributed by atoms with Crippen LogP contribution in [0.3, 0.4) is 0 Å². The van der Waals surface area contributed by atoms with Crippen LogP contribution in [0.2, 0.25) is 0 Å². The zero-order valence-electron chi connectivity index (χ0n) is 19.9. The Hall–Kier alpha value is -3.86. The van der Waals surface area contributed by atoms with E-state index in [9.17, 15) is 14.7 Å². The summed E-state index contributed by atoms with van der Waals surface area (Å²) in [7, 11) is 0. The topological polar surface area (TPSA) is 66.8 Å². The highest BCUT2D eigenvalue weighted by Gasteiger charge is 2.47. The summed E-state index contributed by atoms with van der Waals surface area (Å²) in [5, 5.41) is 11.3. The Labute approximate surface area is 200 Å². The lowest BCUT2D eigenvalue weighted by molar-refractivity contribution is -0.132. The molecule has 1 amide bonds. The molecular formula is C29H29NO4. The average Bonchev–Trinajstić information content (AvgIpc) is 3.09. The van der Waals surface area contributed by atoms with E-state index in [0.717, 1.165) is 11.1 Å². The van der Waals surface area contributed by atoms with Gasteiger partial charge in [0.25, 0.3) is 11.7 Å². The Bertz CT molecular complexity index is 1240. The third kappa shape index (κ3) is 4.34. The van der Waals surface area contributed by atoms with Crippen LogP contribution in [-0.2, 0) is 15.0 Å². The standard InChI is InChI=1S/C29H29NO4/c1-5-34-23-13-9-12-20(18-23)26(31)24-25(19-10-7-6-8-11-19)30(28(33)27(24)32)22-16-14-21(15-17-22)29(2,3)4/h6-18,25,31H,5H2,1-4H3/b26-24+. The fourth-order valence-corrected chi connectivity index (χ4v) is 4.23. The third-order valence-electron chi connectivity index (χ3n) is 5.99. The van der Waals surface area contributed by atoms with E-state index in [2.05, 4.69) is 20.8 Å². The molecule has 34 heavy (non-hydrogen) atoms. The van der Waals surface area contributed by atoms with Gasteiger partial charge in [0.05, 0.1) is 18.2 Å². The van der Waals surface area contributed by atoms with E-state index in [1.54, 1.807) is 24.3 Å². The second-order valence-corrected chi connectivity index (χ2v) is 9.34. The maximum absolute atomic E-state index is 13.3. The monoisotopic (exact) mass is 455 g/mol. The number of anilines is 1. The van der Waals surface area contributed by atoms with Gasteiger partial charge >= 0.3 is 0 Å². The SMILES string of the molecule is CCOc1cccc(/C(O)=C2\C(=O)C(=O)N(c3ccc(C(C)(C)C)cc3)C2c2ccccc2)c1. The van der Waals surface area contributed by atoms with Gasteiger partial charge in [-0.15, -0.1) is 0 Å². The molecule has 1 atom stereocenters. The fourth-order valence-electron chi connectivity index (χ4n) is 4.23. The molecule has 1 heterocycles. The number of aliphatic hydroxyl groups is 1. The zero-order chi connectivity index (χ0) is 24.5. The second-order valence-electron chi connectivity index (χ2n) is 9.34. The quantitative estimate of drug-likeness (QED) is 0.291. The van der Waals surface area contributed by atoms with Gasteiger partial charge in [-0.2, -0.15) is 0 Å². The molecule has 1 aliphatic rings. The van der Waals surface area contributed by atoms with Crippen molar-refractivity contribution < 1.29 is 19.4 Å². The van der Waals surface area contributed by atoms with Crippen molar-refractivity contribution in [2.75, 3.05) is 11.5 Å². The lowest BCUT2D eigenvalue weighted by Crippen LogP contribution is -2.29. The van der Waals surface area contributed by atoms with Gasteiger partial charge in [-0.25, -0.2) is 0 Å². The lowest BCUT2D eigenvalue weighted by atomic mass is 9.87. The normalized spacial score (nSPS) is 17.8. The third-order valence-corrected chi connectivity index (χ3v) is 5.99. The van der Waals surface area contributed by atoms with E-state index >= 15 is 0 Å². The van der Waals surface area contributed by atoms with Gasteiger partial charge in [-0.3, -0.25) is 14.5 Å². The number of ketones is 1. The van der Waals surface area contributed by atoms with Crippen LogP contribution in [-0.4, -0.2) is 23.4 Å². The van der Waals surface area contributed by atoms with Gasteiger partial charge in [0.1, 0.15) is 11.5 Å². The lowest BCUT2D eigenvalue weighted by Gasteiger charge is -2.26. The molecule has 3 aromatic carbocycles. The van der Waals surface area contributed by atoms with E-state index in [1.807, 2.05) is 61.5 Å². The van der Waals surface area contributed by atoms with Crippen molar-refractivity contribution in [1.29, 1.82) is 0 Å². The summed E-state index contributed by atoms with van der Waals surface area (Å²) < 4.78 is 5.55. The predicted octanol–water partition coefficient (Wildman–Crippen LogP) is 6.01. The molecule has 3 aromatic rings. The first kappa shape index (κ1) is 23.3. The molecule has 1 N–H and O–H groups in total. The van der Waals surface area contributed by atoms with Gasteiger partial charge in [-0.05, 0) is 47.7 Å². The molecule has 0 spiro atoms. The van der Waals surface area contributed by atoms with Gasteiger partial charge in [-0.1, -0.05) is 75.4 Å². The van der Waals surface area contributed by atoms with Crippen molar-refractivity contribution in [3.05, 3.63) is 101 Å². The van der Waals surface area contributed by atoms with Crippen LogP contribution in [0, 0.1) is 0 Å². The Kier molecular flexibility index (Phi) is 6.29. The highest BCUT2D eigenvalue weighted by Crippen LogP contribution is 2.42. The van der Waals surface area contributed by atoms with Gasteiger partial charge in [0, 0.05) is 11.3 Å². The highest BCUT2D eigenvalue weighted by molar-refractivity contribution is 6.51. The molecule has 4 rings (SSSR count). The Morgan fingerprint density at radius 1 is 0.941 bits per heavy atom. The van der Waals surface area contributed by atoms with Gasteiger partial charge in [0.15, 0.2) is 0 Å². The van der Waals surface area contributed by atoms with Crippen LogP contribution in [0.5, 0.6) is 5.75 Å². The minimum atomic E-state index is -0.752. The van der Waals surface area contributed by atoms with Crippen LogP contribution in [0.15, 0.2) is 84.4 Å². The van der Waals surface area contributed by atoms with Crippen LogP contribution >= 0.6 is 0 Å². The molecule has 0 bridgehead atoms. The number of ether oxygens (including phenoxy) is 1. The van der Waals surface area contributed by atoms with Crippen molar-refractivity contribution in [2.24, 2.45) is 0 Å². The number of Topliss-reactive ketones (excluding diaryl/α,β-unsaturated/α-hetero) is 1. The summed E-state index contributed by atoms with van der Waals surface area (Å²) in [4.78, 5) is 28.1. The molecule has 5 nitrogen and oxygen atoms in total. The smallest absolute Gasteiger partial charge is 0.300 e. The molecule has 0 aromatic heterocycles. The first-order valence-corrected chi connectivity index (χ1v) is 11.4.